The number of amides is 2. The number of carbonyl (C=O) groups is 2. The average Bonchev–Trinajstić information content (AvgIpc) is 2.88. The molecule has 1 heterocycles. The number of esters is 1. The summed E-state index contributed by atoms with van der Waals surface area (Å²) >= 11 is 6.09. The smallest absolute Gasteiger partial charge is 0.337 e. The van der Waals surface area contributed by atoms with E-state index in [0.29, 0.717) is 45.7 Å². The number of aliphatic hydroxyl groups is 1. The van der Waals surface area contributed by atoms with Crippen molar-refractivity contribution in [3.05, 3.63) is 63.8 Å². The Bertz CT molecular complexity index is 1250. The Labute approximate surface area is 232 Å². The number of carbonyl (C=O) groups excluding carboxylic acids is 2. The van der Waals surface area contributed by atoms with Gasteiger partial charge < -0.3 is 34.7 Å². The molecule has 0 bridgehead atoms. The number of urea groups is 1. The van der Waals surface area contributed by atoms with Gasteiger partial charge in [0.25, 0.3) is 0 Å². The molecule has 11 nitrogen and oxygen atoms in total. The maximum atomic E-state index is 12.4. The molecule has 0 radical (unpaired) electrons. The van der Waals surface area contributed by atoms with Crippen molar-refractivity contribution in [2.45, 2.75) is 46.1 Å². The van der Waals surface area contributed by atoms with Gasteiger partial charge in [0.05, 0.1) is 37.7 Å². The Morgan fingerprint density at radius 1 is 1.18 bits per heavy atom. The topological polar surface area (TPSA) is 140 Å². The van der Waals surface area contributed by atoms with Crippen molar-refractivity contribution in [2.75, 3.05) is 20.3 Å². The number of allylic oxidation sites excluding steroid dienone is 1. The van der Waals surface area contributed by atoms with Crippen molar-refractivity contribution in [1.82, 2.24) is 16.1 Å². The number of rotatable bonds is 12. The van der Waals surface area contributed by atoms with Crippen LogP contribution in [0.4, 0.5) is 4.79 Å². The van der Waals surface area contributed by atoms with E-state index in [2.05, 4.69) is 21.2 Å². The molecule has 0 spiro atoms. The van der Waals surface area contributed by atoms with Crippen LogP contribution >= 0.6 is 11.6 Å². The monoisotopic (exact) mass is 560 g/mol. The lowest BCUT2D eigenvalue weighted by Gasteiger charge is -2.28. The van der Waals surface area contributed by atoms with Crippen molar-refractivity contribution >= 4 is 29.8 Å². The highest BCUT2D eigenvalue weighted by Gasteiger charge is 2.32. The Hall–Kier alpha value is -3.96. The standard InChI is InChI=1S/C27H33ClN4O7/c1-6-37-22-12-17(25-24(26(34)36-5)16(4)30-27(35)31-25)7-9-21(22)38-14-23(33)32-29-13-18-11-19(28)8-10-20(18)39-15(2)3/h7-13,15,23,25,32-33H,6,14H2,1-5H3,(H2,30,31,35)/b29-13+/t23-,25-/m1/s1. The Morgan fingerprint density at radius 2 is 1.92 bits per heavy atom. The summed E-state index contributed by atoms with van der Waals surface area (Å²) in [6.07, 6.45) is 0.313. The van der Waals surface area contributed by atoms with E-state index in [-0.39, 0.29) is 18.3 Å². The number of benzene rings is 2. The minimum Gasteiger partial charge on any atom is -0.490 e. The highest BCUT2D eigenvalue weighted by Crippen LogP contribution is 2.35. The first-order valence-corrected chi connectivity index (χ1v) is 12.7. The van der Waals surface area contributed by atoms with Gasteiger partial charge in [-0.25, -0.2) is 9.59 Å². The van der Waals surface area contributed by atoms with Crippen LogP contribution in [0, 0.1) is 0 Å². The fraction of sp³-hybridized carbons (Fsp3) is 0.370. The number of aliphatic hydroxyl groups excluding tert-OH is 1. The van der Waals surface area contributed by atoms with Gasteiger partial charge in [0, 0.05) is 16.3 Å². The van der Waals surface area contributed by atoms with Crippen molar-refractivity contribution in [3.63, 3.8) is 0 Å². The van der Waals surface area contributed by atoms with Gasteiger partial charge in [-0.2, -0.15) is 5.10 Å². The van der Waals surface area contributed by atoms with E-state index in [1.807, 2.05) is 20.8 Å². The van der Waals surface area contributed by atoms with Crippen molar-refractivity contribution in [2.24, 2.45) is 5.10 Å². The van der Waals surface area contributed by atoms with Gasteiger partial charge in [-0.15, -0.1) is 0 Å². The fourth-order valence-electron chi connectivity index (χ4n) is 3.80. The molecule has 12 heteroatoms. The van der Waals surface area contributed by atoms with Crippen LogP contribution in [0.5, 0.6) is 17.2 Å². The second-order valence-electron chi connectivity index (χ2n) is 8.76. The SMILES string of the molecule is CCOc1cc([C@H]2NC(=O)NC(C)=C2C(=O)OC)ccc1OC[C@@H](O)N/N=C/c1cc(Cl)ccc1OC(C)C. The molecule has 2 aromatic rings. The molecule has 1 aliphatic heterocycles. The van der Waals surface area contributed by atoms with Crippen LogP contribution in [-0.4, -0.2) is 56.0 Å². The van der Waals surface area contributed by atoms with E-state index in [1.54, 1.807) is 43.3 Å². The van der Waals surface area contributed by atoms with Crippen LogP contribution in [0.25, 0.3) is 0 Å². The predicted molar refractivity (Wildman–Crippen MR) is 146 cm³/mol. The number of hydrazone groups is 1. The summed E-state index contributed by atoms with van der Waals surface area (Å²) in [7, 11) is 1.27. The molecule has 0 unspecified atom stereocenters. The van der Waals surface area contributed by atoms with E-state index in [1.165, 1.54) is 13.3 Å². The third-order valence-corrected chi connectivity index (χ3v) is 5.67. The zero-order valence-electron chi connectivity index (χ0n) is 22.4. The van der Waals surface area contributed by atoms with Crippen LogP contribution in [0.1, 0.15) is 44.9 Å². The first-order chi connectivity index (χ1) is 18.6. The molecule has 2 aromatic carbocycles. The third kappa shape index (κ3) is 8.01. The number of hydrogen-bond acceptors (Lipinski definition) is 9. The Kier molecular flexibility index (Phi) is 10.4. The van der Waals surface area contributed by atoms with Crippen molar-refractivity contribution in [3.8, 4) is 17.2 Å². The quantitative estimate of drug-likeness (QED) is 0.133. The summed E-state index contributed by atoms with van der Waals surface area (Å²) in [5.41, 5.74) is 4.50. The van der Waals surface area contributed by atoms with Crippen LogP contribution in [-0.2, 0) is 9.53 Å². The molecule has 3 rings (SSSR count). The number of nitrogens with one attached hydrogen (secondary N) is 3. The van der Waals surface area contributed by atoms with Gasteiger partial charge in [0.15, 0.2) is 17.7 Å². The Balaban J connectivity index is 1.71. The predicted octanol–water partition coefficient (Wildman–Crippen LogP) is 3.65. The maximum absolute atomic E-state index is 12.4. The van der Waals surface area contributed by atoms with E-state index in [0.717, 1.165) is 0 Å². The summed E-state index contributed by atoms with van der Waals surface area (Å²) in [4.78, 5) is 24.5. The maximum Gasteiger partial charge on any atom is 0.337 e. The lowest BCUT2D eigenvalue weighted by atomic mass is 9.95. The first-order valence-electron chi connectivity index (χ1n) is 12.3. The molecule has 39 heavy (non-hydrogen) atoms. The van der Waals surface area contributed by atoms with Gasteiger partial charge in [-0.3, -0.25) is 5.43 Å². The minimum absolute atomic E-state index is 0.0330. The second kappa shape index (κ2) is 13.7. The number of nitrogens with zero attached hydrogens (tertiary/aromatic N) is 1. The third-order valence-electron chi connectivity index (χ3n) is 5.43. The first kappa shape index (κ1) is 29.6. The normalized spacial score (nSPS) is 16.0. The van der Waals surface area contributed by atoms with Crippen LogP contribution in [0.2, 0.25) is 5.02 Å². The summed E-state index contributed by atoms with van der Waals surface area (Å²) in [6, 6.07) is 8.97. The van der Waals surface area contributed by atoms with E-state index >= 15 is 0 Å². The molecule has 0 saturated heterocycles. The van der Waals surface area contributed by atoms with E-state index in [9.17, 15) is 14.7 Å². The van der Waals surface area contributed by atoms with E-state index < -0.39 is 24.3 Å². The summed E-state index contributed by atoms with van der Waals surface area (Å²) in [5, 5.41) is 20.3. The summed E-state index contributed by atoms with van der Waals surface area (Å²) < 4.78 is 22.2. The number of halogens is 1. The molecule has 0 fully saturated rings. The zero-order valence-corrected chi connectivity index (χ0v) is 23.2. The van der Waals surface area contributed by atoms with Gasteiger partial charge in [0.1, 0.15) is 12.4 Å². The molecule has 2 amide bonds. The van der Waals surface area contributed by atoms with Crippen LogP contribution in [0.15, 0.2) is 52.8 Å². The van der Waals surface area contributed by atoms with Crippen LogP contribution < -0.4 is 30.3 Å². The lowest BCUT2D eigenvalue weighted by Crippen LogP contribution is -2.45. The van der Waals surface area contributed by atoms with Gasteiger partial charge >= 0.3 is 12.0 Å². The molecule has 0 aromatic heterocycles. The average molecular weight is 561 g/mol. The largest absolute Gasteiger partial charge is 0.490 e. The summed E-state index contributed by atoms with van der Waals surface area (Å²) in [5.74, 6) is 0.763. The highest BCUT2D eigenvalue weighted by molar-refractivity contribution is 6.30. The molecule has 210 valence electrons. The molecule has 1 aliphatic rings. The van der Waals surface area contributed by atoms with E-state index in [4.69, 9.17) is 30.5 Å². The van der Waals surface area contributed by atoms with Gasteiger partial charge in [-0.1, -0.05) is 17.7 Å². The fourth-order valence-corrected chi connectivity index (χ4v) is 3.98. The van der Waals surface area contributed by atoms with Crippen LogP contribution in [0.3, 0.4) is 0 Å². The Morgan fingerprint density at radius 3 is 2.62 bits per heavy atom. The molecule has 2 atom stereocenters. The van der Waals surface area contributed by atoms with Gasteiger partial charge in [-0.05, 0) is 63.6 Å². The summed E-state index contributed by atoms with van der Waals surface area (Å²) in [6.45, 7) is 7.44. The van der Waals surface area contributed by atoms with Crippen molar-refractivity contribution in [1.29, 1.82) is 0 Å². The molecule has 0 saturated carbocycles. The number of hydrogen-bond donors (Lipinski definition) is 4. The molecule has 4 N–H and O–H groups in total. The molecule has 0 aliphatic carbocycles. The van der Waals surface area contributed by atoms with Crippen molar-refractivity contribution < 1.29 is 33.6 Å². The molecular weight excluding hydrogens is 528 g/mol. The molecular formula is C27H33ClN4O7. The minimum atomic E-state index is -1.15. The lowest BCUT2D eigenvalue weighted by molar-refractivity contribution is -0.136. The number of ether oxygens (including phenoxy) is 4. The zero-order chi connectivity index (χ0) is 28.5. The highest BCUT2D eigenvalue weighted by atomic mass is 35.5. The number of methoxy groups -OCH3 is 1. The second-order valence-corrected chi connectivity index (χ2v) is 9.20. The van der Waals surface area contributed by atoms with Gasteiger partial charge in [0.2, 0.25) is 0 Å².